The maximum Gasteiger partial charge on any atom is 0.161 e. The summed E-state index contributed by atoms with van der Waals surface area (Å²) in [6.45, 7) is 3.03. The monoisotopic (exact) mass is 396 g/mol. The Morgan fingerprint density at radius 2 is 1.62 bits per heavy atom. The number of rotatable bonds is 4. The zero-order chi connectivity index (χ0) is 20.0. The molecule has 29 heavy (non-hydrogen) atoms. The van der Waals surface area contributed by atoms with Crippen LogP contribution in [0.5, 0.6) is 5.75 Å². The van der Waals surface area contributed by atoms with Gasteiger partial charge >= 0.3 is 0 Å². The number of nitrogens with zero attached hydrogens (tertiary/aromatic N) is 4. The third-order valence-corrected chi connectivity index (χ3v) is 5.68. The molecule has 0 bridgehead atoms. The van der Waals surface area contributed by atoms with Gasteiger partial charge in [-0.05, 0) is 31.0 Å². The van der Waals surface area contributed by atoms with Crippen molar-refractivity contribution < 1.29 is 13.5 Å². The number of methoxy groups -OCH3 is 1. The molecule has 0 radical (unpaired) electrons. The summed E-state index contributed by atoms with van der Waals surface area (Å²) < 4.78 is 33.3. The summed E-state index contributed by atoms with van der Waals surface area (Å²) in [5, 5.41) is 0.569. The lowest BCUT2D eigenvalue weighted by Gasteiger charge is -2.37. The Balaban J connectivity index is 1.46. The number of halogens is 2. The van der Waals surface area contributed by atoms with E-state index in [0.717, 1.165) is 56.3 Å². The van der Waals surface area contributed by atoms with Crippen LogP contribution in [0.1, 0.15) is 24.6 Å². The minimum Gasteiger partial charge on any atom is -0.495 e. The molecule has 0 amide bonds. The van der Waals surface area contributed by atoms with E-state index in [1.807, 2.05) is 18.2 Å². The number of hydrogen-bond acceptors (Lipinski definition) is 5. The Hall–Kier alpha value is -2.96. The van der Waals surface area contributed by atoms with Crippen LogP contribution < -0.4 is 14.5 Å². The van der Waals surface area contributed by atoms with Crippen LogP contribution >= 0.6 is 0 Å². The van der Waals surface area contributed by atoms with Gasteiger partial charge in [-0.2, -0.15) is 0 Å². The highest BCUT2D eigenvalue weighted by Crippen LogP contribution is 2.40. The van der Waals surface area contributed by atoms with Crippen molar-refractivity contribution in [2.24, 2.45) is 0 Å². The quantitative estimate of drug-likeness (QED) is 0.664. The van der Waals surface area contributed by atoms with Gasteiger partial charge in [0.25, 0.3) is 0 Å². The smallest absolute Gasteiger partial charge is 0.161 e. The van der Waals surface area contributed by atoms with Gasteiger partial charge in [0.1, 0.15) is 17.4 Å². The molecule has 7 heteroatoms. The second kappa shape index (κ2) is 7.13. The number of piperazine rings is 1. The number of hydrogen-bond donors (Lipinski definition) is 0. The maximum absolute atomic E-state index is 14.0. The van der Waals surface area contributed by atoms with Gasteiger partial charge < -0.3 is 14.5 Å². The maximum atomic E-state index is 14.0. The normalized spacial score (nSPS) is 17.1. The Kier molecular flexibility index (Phi) is 4.45. The molecule has 1 saturated carbocycles. The number of anilines is 2. The second-order valence-electron chi connectivity index (χ2n) is 7.61. The van der Waals surface area contributed by atoms with Gasteiger partial charge in [-0.15, -0.1) is 0 Å². The molecule has 2 fully saturated rings. The van der Waals surface area contributed by atoms with E-state index in [9.17, 15) is 8.78 Å². The van der Waals surface area contributed by atoms with Gasteiger partial charge in [-0.1, -0.05) is 12.1 Å². The van der Waals surface area contributed by atoms with Crippen molar-refractivity contribution in [1.29, 1.82) is 0 Å². The molecule has 0 unspecified atom stereocenters. The standard InChI is InChI=1S/C22H22F2N4O/c1-29-20-5-3-2-4-19(20)27-8-10-28(11-9-27)22-15-12-16(23)17(24)13-18(15)25-21(26-22)14-6-7-14/h2-5,12-14H,6-11H2,1H3. The van der Waals surface area contributed by atoms with E-state index < -0.39 is 11.6 Å². The summed E-state index contributed by atoms with van der Waals surface area (Å²) >= 11 is 0. The van der Waals surface area contributed by atoms with E-state index in [0.29, 0.717) is 22.6 Å². The Morgan fingerprint density at radius 3 is 2.34 bits per heavy atom. The predicted molar refractivity (Wildman–Crippen MR) is 109 cm³/mol. The number of ether oxygens (including phenoxy) is 1. The lowest BCUT2D eigenvalue weighted by molar-refractivity contribution is 0.413. The second-order valence-corrected chi connectivity index (χ2v) is 7.61. The molecule has 2 aromatic carbocycles. The molecule has 150 valence electrons. The number of aromatic nitrogens is 2. The highest BCUT2D eigenvalue weighted by Gasteiger charge is 2.30. The van der Waals surface area contributed by atoms with Gasteiger partial charge in [0.05, 0.1) is 18.3 Å². The van der Waals surface area contributed by atoms with E-state index in [-0.39, 0.29) is 0 Å². The van der Waals surface area contributed by atoms with Gasteiger partial charge in [0.2, 0.25) is 0 Å². The first kappa shape index (κ1) is 18.1. The van der Waals surface area contributed by atoms with E-state index >= 15 is 0 Å². The van der Waals surface area contributed by atoms with E-state index in [1.54, 1.807) is 7.11 Å². The highest BCUT2D eigenvalue weighted by molar-refractivity contribution is 5.90. The first-order valence-corrected chi connectivity index (χ1v) is 9.93. The molecule has 2 heterocycles. The summed E-state index contributed by atoms with van der Waals surface area (Å²) in [5.74, 6) is 0.892. The lowest BCUT2D eigenvalue weighted by Crippen LogP contribution is -2.47. The fraction of sp³-hybridized carbons (Fsp3) is 0.364. The number of benzene rings is 2. The van der Waals surface area contributed by atoms with Crippen molar-refractivity contribution in [2.75, 3.05) is 43.1 Å². The van der Waals surface area contributed by atoms with Gasteiger partial charge in [0, 0.05) is 43.5 Å². The molecule has 1 aliphatic carbocycles. The van der Waals surface area contributed by atoms with E-state index in [1.165, 1.54) is 12.1 Å². The van der Waals surface area contributed by atoms with Crippen LogP contribution in [0.2, 0.25) is 0 Å². The summed E-state index contributed by atoms with van der Waals surface area (Å²) in [5.41, 5.74) is 1.54. The summed E-state index contributed by atoms with van der Waals surface area (Å²) in [7, 11) is 1.68. The Morgan fingerprint density at radius 1 is 0.931 bits per heavy atom. The van der Waals surface area contributed by atoms with Gasteiger partial charge in [-0.3, -0.25) is 0 Å². The van der Waals surface area contributed by atoms with Crippen LogP contribution in [0.4, 0.5) is 20.3 Å². The fourth-order valence-electron chi connectivity index (χ4n) is 3.94. The SMILES string of the molecule is COc1ccccc1N1CCN(c2nc(C3CC3)nc3cc(F)c(F)cc23)CC1. The van der Waals surface area contributed by atoms with Crippen molar-refractivity contribution >= 4 is 22.4 Å². The van der Waals surface area contributed by atoms with E-state index in [2.05, 4.69) is 20.9 Å². The van der Waals surface area contributed by atoms with Crippen LogP contribution in [0.25, 0.3) is 10.9 Å². The highest BCUT2D eigenvalue weighted by atomic mass is 19.2. The van der Waals surface area contributed by atoms with Crippen molar-refractivity contribution in [3.63, 3.8) is 0 Å². The molecule has 1 aliphatic heterocycles. The molecular formula is C22H22F2N4O. The van der Waals surface area contributed by atoms with Crippen LogP contribution in [0, 0.1) is 11.6 Å². The van der Waals surface area contributed by atoms with Crippen molar-refractivity contribution in [3.05, 3.63) is 53.9 Å². The number of fused-ring (bicyclic) bond motifs is 1. The minimum absolute atomic E-state index is 0.334. The number of para-hydroxylation sites is 2. The fourth-order valence-corrected chi connectivity index (χ4v) is 3.94. The summed E-state index contributed by atoms with van der Waals surface area (Å²) in [6, 6.07) is 10.4. The molecule has 5 rings (SSSR count). The van der Waals surface area contributed by atoms with Crippen molar-refractivity contribution in [3.8, 4) is 5.75 Å². The summed E-state index contributed by atoms with van der Waals surface area (Å²) in [6.07, 6.45) is 2.10. The lowest BCUT2D eigenvalue weighted by atomic mass is 10.1. The van der Waals surface area contributed by atoms with Crippen molar-refractivity contribution in [1.82, 2.24) is 9.97 Å². The average molecular weight is 396 g/mol. The molecule has 1 saturated heterocycles. The molecule has 0 N–H and O–H groups in total. The summed E-state index contributed by atoms with van der Waals surface area (Å²) in [4.78, 5) is 13.7. The van der Waals surface area contributed by atoms with Crippen LogP contribution in [0.15, 0.2) is 36.4 Å². The van der Waals surface area contributed by atoms with E-state index in [4.69, 9.17) is 9.72 Å². The van der Waals surface area contributed by atoms with Crippen LogP contribution in [0.3, 0.4) is 0 Å². The predicted octanol–water partition coefficient (Wildman–Crippen LogP) is 4.12. The molecule has 0 atom stereocenters. The molecule has 3 aromatic rings. The molecule has 1 aromatic heterocycles. The zero-order valence-corrected chi connectivity index (χ0v) is 16.2. The van der Waals surface area contributed by atoms with Crippen LogP contribution in [-0.2, 0) is 0 Å². The molecule has 5 nitrogen and oxygen atoms in total. The Labute approximate surface area is 167 Å². The third-order valence-electron chi connectivity index (χ3n) is 5.68. The van der Waals surface area contributed by atoms with Crippen molar-refractivity contribution in [2.45, 2.75) is 18.8 Å². The zero-order valence-electron chi connectivity index (χ0n) is 16.2. The first-order valence-electron chi connectivity index (χ1n) is 9.93. The largest absolute Gasteiger partial charge is 0.495 e. The molecular weight excluding hydrogens is 374 g/mol. The average Bonchev–Trinajstić information content (AvgIpc) is 3.59. The first-order chi connectivity index (χ1) is 14.1. The van der Waals surface area contributed by atoms with Gasteiger partial charge in [-0.25, -0.2) is 18.7 Å². The molecule has 2 aliphatic rings. The topological polar surface area (TPSA) is 41.5 Å². The molecule has 0 spiro atoms. The minimum atomic E-state index is -0.870. The van der Waals surface area contributed by atoms with Gasteiger partial charge in [0.15, 0.2) is 11.6 Å². The Bertz CT molecular complexity index is 1060. The third kappa shape index (κ3) is 3.34. The van der Waals surface area contributed by atoms with Crippen LogP contribution in [-0.4, -0.2) is 43.3 Å².